The average molecular weight is 220 g/mol. The van der Waals surface area contributed by atoms with E-state index in [0.717, 1.165) is 25.5 Å². The van der Waals surface area contributed by atoms with E-state index in [0.29, 0.717) is 6.04 Å². The van der Waals surface area contributed by atoms with Crippen LogP contribution in [0, 0.1) is 0 Å². The van der Waals surface area contributed by atoms with E-state index in [1.807, 2.05) is 13.2 Å². The van der Waals surface area contributed by atoms with Crippen LogP contribution in [0.5, 0.6) is 0 Å². The fourth-order valence-corrected chi connectivity index (χ4v) is 2.04. The molecule has 0 saturated carbocycles. The quantitative estimate of drug-likeness (QED) is 0.813. The van der Waals surface area contributed by atoms with Gasteiger partial charge in [0.25, 0.3) is 0 Å². The first-order valence-corrected chi connectivity index (χ1v) is 5.79. The molecular weight excluding hydrogens is 200 g/mol. The van der Waals surface area contributed by atoms with Gasteiger partial charge in [-0.2, -0.15) is 0 Å². The molecule has 2 heterocycles. The fraction of sp³-hybridized carbons (Fsp3) is 0.583. The number of hydrogen-bond donors (Lipinski definition) is 1. The van der Waals surface area contributed by atoms with E-state index in [1.54, 1.807) is 0 Å². The normalized spacial score (nSPS) is 22.2. The minimum Gasteiger partial charge on any atom is -0.373 e. The number of anilines is 2. The lowest BCUT2D eigenvalue weighted by Crippen LogP contribution is -2.50. The molecule has 1 aliphatic rings. The number of pyridine rings is 1. The van der Waals surface area contributed by atoms with Gasteiger partial charge >= 0.3 is 0 Å². The number of piperazine rings is 1. The molecule has 1 unspecified atom stereocenters. The highest BCUT2D eigenvalue weighted by Crippen LogP contribution is 2.20. The second kappa shape index (κ2) is 4.70. The van der Waals surface area contributed by atoms with Crippen LogP contribution in [0.3, 0.4) is 0 Å². The van der Waals surface area contributed by atoms with Crippen LogP contribution >= 0.6 is 0 Å². The molecule has 0 bridgehead atoms. The Hall–Kier alpha value is -1.29. The second-order valence-electron chi connectivity index (χ2n) is 4.42. The van der Waals surface area contributed by atoms with Gasteiger partial charge in [-0.15, -0.1) is 0 Å². The summed E-state index contributed by atoms with van der Waals surface area (Å²) in [5.41, 5.74) is 1.26. The standard InChI is InChI=1S/C12H20N4/c1-10-9-16(7-6-15(10)3)11-4-5-14-12(8-11)13-2/h4-5,8,10H,6-7,9H2,1-3H3,(H,13,14). The molecule has 2 rings (SSSR count). The van der Waals surface area contributed by atoms with E-state index in [1.165, 1.54) is 5.69 Å². The molecule has 0 aromatic carbocycles. The van der Waals surface area contributed by atoms with Crippen molar-refractivity contribution in [3.05, 3.63) is 18.3 Å². The van der Waals surface area contributed by atoms with Gasteiger partial charge in [-0.05, 0) is 20.0 Å². The summed E-state index contributed by atoms with van der Waals surface area (Å²) in [5.74, 6) is 0.934. The highest BCUT2D eigenvalue weighted by Gasteiger charge is 2.20. The molecule has 1 aromatic rings. The number of aromatic nitrogens is 1. The summed E-state index contributed by atoms with van der Waals surface area (Å²) in [6.07, 6.45) is 1.87. The Morgan fingerprint density at radius 3 is 2.94 bits per heavy atom. The van der Waals surface area contributed by atoms with Crippen LogP contribution in [0.15, 0.2) is 18.3 Å². The maximum absolute atomic E-state index is 4.24. The Kier molecular flexibility index (Phi) is 3.29. The minimum atomic E-state index is 0.611. The summed E-state index contributed by atoms with van der Waals surface area (Å²) in [4.78, 5) is 9.06. The lowest BCUT2D eigenvalue weighted by molar-refractivity contribution is 0.234. The molecule has 1 saturated heterocycles. The molecule has 1 atom stereocenters. The van der Waals surface area contributed by atoms with Crippen LogP contribution in [0.25, 0.3) is 0 Å². The van der Waals surface area contributed by atoms with Crippen LogP contribution in [-0.4, -0.2) is 49.7 Å². The van der Waals surface area contributed by atoms with Crippen molar-refractivity contribution in [2.24, 2.45) is 0 Å². The number of nitrogens with one attached hydrogen (secondary N) is 1. The molecular formula is C12H20N4. The Bertz CT molecular complexity index is 353. The highest BCUT2D eigenvalue weighted by molar-refractivity contribution is 5.54. The monoisotopic (exact) mass is 220 g/mol. The van der Waals surface area contributed by atoms with Crippen molar-refractivity contribution >= 4 is 11.5 Å². The Labute approximate surface area is 97.3 Å². The average Bonchev–Trinajstić information content (AvgIpc) is 2.33. The molecule has 4 nitrogen and oxygen atoms in total. The van der Waals surface area contributed by atoms with Gasteiger partial charge in [0, 0.05) is 50.7 Å². The van der Waals surface area contributed by atoms with E-state index < -0.39 is 0 Å². The molecule has 0 aliphatic carbocycles. The maximum Gasteiger partial charge on any atom is 0.127 e. The van der Waals surface area contributed by atoms with Gasteiger partial charge in [-0.3, -0.25) is 0 Å². The van der Waals surface area contributed by atoms with E-state index >= 15 is 0 Å². The summed E-state index contributed by atoms with van der Waals surface area (Å²) < 4.78 is 0. The van der Waals surface area contributed by atoms with Crippen molar-refractivity contribution in [3.63, 3.8) is 0 Å². The van der Waals surface area contributed by atoms with Crippen LogP contribution < -0.4 is 10.2 Å². The molecule has 0 spiro atoms. The molecule has 16 heavy (non-hydrogen) atoms. The molecule has 1 N–H and O–H groups in total. The number of rotatable bonds is 2. The summed E-state index contributed by atoms with van der Waals surface area (Å²) in [6, 6.07) is 4.80. The third-order valence-corrected chi connectivity index (χ3v) is 3.32. The number of likely N-dealkylation sites (N-methyl/N-ethyl adjacent to an activating group) is 1. The van der Waals surface area contributed by atoms with Crippen molar-refractivity contribution in [1.29, 1.82) is 0 Å². The van der Waals surface area contributed by atoms with E-state index in [4.69, 9.17) is 0 Å². The Morgan fingerprint density at radius 2 is 2.25 bits per heavy atom. The van der Waals surface area contributed by atoms with Gasteiger partial charge in [0.15, 0.2) is 0 Å². The Morgan fingerprint density at radius 1 is 1.44 bits per heavy atom. The molecule has 1 fully saturated rings. The zero-order valence-corrected chi connectivity index (χ0v) is 10.3. The van der Waals surface area contributed by atoms with Crippen molar-refractivity contribution in [1.82, 2.24) is 9.88 Å². The minimum absolute atomic E-state index is 0.611. The van der Waals surface area contributed by atoms with Gasteiger partial charge < -0.3 is 15.1 Å². The molecule has 4 heteroatoms. The number of nitrogens with zero attached hydrogens (tertiary/aromatic N) is 3. The first-order valence-electron chi connectivity index (χ1n) is 5.79. The zero-order chi connectivity index (χ0) is 11.5. The van der Waals surface area contributed by atoms with Gasteiger partial charge in [-0.1, -0.05) is 0 Å². The highest BCUT2D eigenvalue weighted by atomic mass is 15.3. The third-order valence-electron chi connectivity index (χ3n) is 3.32. The fourth-order valence-electron chi connectivity index (χ4n) is 2.04. The van der Waals surface area contributed by atoms with Crippen molar-refractivity contribution < 1.29 is 0 Å². The smallest absolute Gasteiger partial charge is 0.127 e. The predicted octanol–water partition coefficient (Wildman–Crippen LogP) is 1.26. The van der Waals surface area contributed by atoms with E-state index in [2.05, 4.69) is 46.2 Å². The molecule has 88 valence electrons. The third kappa shape index (κ3) is 2.27. The first kappa shape index (κ1) is 11.2. The topological polar surface area (TPSA) is 31.4 Å². The SMILES string of the molecule is CNc1cc(N2CCN(C)C(C)C2)ccn1. The summed E-state index contributed by atoms with van der Waals surface area (Å²) >= 11 is 0. The summed E-state index contributed by atoms with van der Waals surface area (Å²) in [7, 11) is 4.09. The molecule has 1 aromatic heterocycles. The summed E-state index contributed by atoms with van der Waals surface area (Å²) in [5, 5.41) is 3.08. The van der Waals surface area contributed by atoms with Gasteiger partial charge in [0.05, 0.1) is 0 Å². The number of hydrogen-bond acceptors (Lipinski definition) is 4. The van der Waals surface area contributed by atoms with E-state index in [-0.39, 0.29) is 0 Å². The van der Waals surface area contributed by atoms with Gasteiger partial charge in [0.2, 0.25) is 0 Å². The predicted molar refractivity (Wildman–Crippen MR) is 68.1 cm³/mol. The van der Waals surface area contributed by atoms with Crippen molar-refractivity contribution in [2.45, 2.75) is 13.0 Å². The van der Waals surface area contributed by atoms with Crippen molar-refractivity contribution in [3.8, 4) is 0 Å². The van der Waals surface area contributed by atoms with Gasteiger partial charge in [0.1, 0.15) is 5.82 Å². The lowest BCUT2D eigenvalue weighted by Gasteiger charge is -2.39. The molecule has 0 radical (unpaired) electrons. The lowest BCUT2D eigenvalue weighted by atomic mass is 10.2. The molecule has 1 aliphatic heterocycles. The van der Waals surface area contributed by atoms with Crippen LogP contribution in [0.4, 0.5) is 11.5 Å². The van der Waals surface area contributed by atoms with Crippen molar-refractivity contribution in [2.75, 3.05) is 43.9 Å². The van der Waals surface area contributed by atoms with Crippen LogP contribution in [0.1, 0.15) is 6.92 Å². The zero-order valence-electron chi connectivity index (χ0n) is 10.3. The maximum atomic E-state index is 4.24. The largest absolute Gasteiger partial charge is 0.373 e. The van der Waals surface area contributed by atoms with Crippen LogP contribution in [0.2, 0.25) is 0 Å². The Balaban J connectivity index is 2.12. The van der Waals surface area contributed by atoms with Gasteiger partial charge in [-0.25, -0.2) is 4.98 Å². The van der Waals surface area contributed by atoms with E-state index in [9.17, 15) is 0 Å². The first-order chi connectivity index (χ1) is 7.70. The molecule has 0 amide bonds. The second-order valence-corrected chi connectivity index (χ2v) is 4.42. The van der Waals surface area contributed by atoms with Crippen LogP contribution in [-0.2, 0) is 0 Å². The summed E-state index contributed by atoms with van der Waals surface area (Å²) in [6.45, 7) is 5.57.